The molecule has 0 radical (unpaired) electrons. The summed E-state index contributed by atoms with van der Waals surface area (Å²) in [6.45, 7) is 7.37. The Morgan fingerprint density at radius 1 is 1.35 bits per heavy atom. The van der Waals surface area contributed by atoms with Crippen molar-refractivity contribution in [3.05, 3.63) is 23.9 Å². The average molecular weight is 228 g/mol. The number of likely N-dealkylation sites (N-methyl/N-ethyl adjacent to an activating group) is 1. The van der Waals surface area contributed by atoms with E-state index in [1.807, 2.05) is 20.0 Å². The zero-order valence-electron chi connectivity index (χ0n) is 10.6. The van der Waals surface area contributed by atoms with Crippen molar-refractivity contribution in [1.82, 2.24) is 14.8 Å². The normalized spacial score (nSPS) is 18.4. The van der Waals surface area contributed by atoms with Crippen LogP contribution in [0.3, 0.4) is 0 Å². The van der Waals surface area contributed by atoms with E-state index >= 15 is 0 Å². The predicted octanol–water partition coefficient (Wildman–Crippen LogP) is -0.104. The molecular formula is C11H18B2N4. The molecule has 0 unspecified atom stereocenters. The van der Waals surface area contributed by atoms with Gasteiger partial charge in [0.1, 0.15) is 0 Å². The molecule has 0 atom stereocenters. The molecule has 0 aromatic carbocycles. The second kappa shape index (κ2) is 6.07. The van der Waals surface area contributed by atoms with Crippen molar-refractivity contribution in [1.29, 1.82) is 0 Å². The van der Waals surface area contributed by atoms with E-state index in [1.165, 1.54) is 5.56 Å². The molecule has 0 amide bonds. The Morgan fingerprint density at radius 2 is 2.12 bits per heavy atom. The van der Waals surface area contributed by atoms with Crippen molar-refractivity contribution in [3.8, 4) is 0 Å². The molecule has 0 bridgehead atoms. The first-order valence-electron chi connectivity index (χ1n) is 6.12. The fraction of sp³-hybridized carbons (Fsp3) is 0.545. The number of piperazine rings is 1. The minimum absolute atomic E-state index is 0.787. The molecule has 2 heterocycles. The third-order valence-electron chi connectivity index (χ3n) is 3.07. The Morgan fingerprint density at radius 3 is 2.71 bits per heavy atom. The molecule has 1 aromatic rings. The van der Waals surface area contributed by atoms with E-state index in [9.17, 15) is 0 Å². The summed E-state index contributed by atoms with van der Waals surface area (Å²) in [7, 11) is 4.08. The van der Waals surface area contributed by atoms with Crippen molar-refractivity contribution >= 4 is 20.5 Å². The Hall–Kier alpha value is -1.00. The van der Waals surface area contributed by atoms with Crippen LogP contribution in [0.25, 0.3) is 0 Å². The molecule has 0 saturated carbocycles. The van der Waals surface area contributed by atoms with Gasteiger partial charge in [-0.05, 0) is 0 Å². The first-order chi connectivity index (χ1) is 8.28. The second-order valence-electron chi connectivity index (χ2n) is 4.49. The molecule has 1 aliphatic rings. The Labute approximate surface area is 104 Å². The van der Waals surface area contributed by atoms with Crippen LogP contribution in [0.1, 0.15) is 5.56 Å². The van der Waals surface area contributed by atoms with Gasteiger partial charge in [-0.2, -0.15) is 0 Å². The number of hydrogen-bond acceptors (Lipinski definition) is 4. The summed E-state index contributed by atoms with van der Waals surface area (Å²) in [5.41, 5.74) is 1.27. The maximum atomic E-state index is 4.31. The SMILES string of the molecule is BB=Nc1ccc(CN2CCN(C)CC2)cn1. The summed E-state index contributed by atoms with van der Waals surface area (Å²) in [5.74, 6) is 0.787. The second-order valence-corrected chi connectivity index (χ2v) is 4.49. The van der Waals surface area contributed by atoms with Gasteiger partial charge in [0.05, 0.1) is 0 Å². The molecule has 2 rings (SSSR count). The monoisotopic (exact) mass is 228 g/mol. The summed E-state index contributed by atoms with van der Waals surface area (Å²) in [6.07, 6.45) is 1.93. The summed E-state index contributed by atoms with van der Waals surface area (Å²) < 4.78 is 0. The quantitative estimate of drug-likeness (QED) is 0.676. The van der Waals surface area contributed by atoms with Crippen molar-refractivity contribution in [2.45, 2.75) is 6.54 Å². The van der Waals surface area contributed by atoms with Gasteiger partial charge in [0.2, 0.25) is 0 Å². The molecule has 17 heavy (non-hydrogen) atoms. The van der Waals surface area contributed by atoms with E-state index in [4.69, 9.17) is 0 Å². The van der Waals surface area contributed by atoms with Gasteiger partial charge < -0.3 is 0 Å². The van der Waals surface area contributed by atoms with Crippen molar-refractivity contribution in [3.63, 3.8) is 0 Å². The number of nitrogens with zero attached hydrogens (tertiary/aromatic N) is 4. The summed E-state index contributed by atoms with van der Waals surface area (Å²) in [5, 5.41) is 0. The van der Waals surface area contributed by atoms with Gasteiger partial charge in [-0.3, -0.25) is 0 Å². The van der Waals surface area contributed by atoms with Crippen LogP contribution in [0.5, 0.6) is 0 Å². The standard InChI is InChI=1S/C11H18B2N4/c1-16-4-6-17(7-5-16)9-10-2-3-11(14-8-10)15-13-12/h2-3,8H,4-7,9,12H2,1H3. The topological polar surface area (TPSA) is 31.7 Å². The van der Waals surface area contributed by atoms with E-state index in [0.29, 0.717) is 0 Å². The number of rotatable bonds is 3. The summed E-state index contributed by atoms with van der Waals surface area (Å²) in [4.78, 5) is 13.3. The van der Waals surface area contributed by atoms with Crippen molar-refractivity contribution in [2.75, 3.05) is 33.2 Å². The van der Waals surface area contributed by atoms with Crippen molar-refractivity contribution < 1.29 is 0 Å². The molecule has 1 saturated heterocycles. The van der Waals surface area contributed by atoms with Gasteiger partial charge in [-0.25, -0.2) is 0 Å². The van der Waals surface area contributed by atoms with Gasteiger partial charge in [0.25, 0.3) is 0 Å². The van der Waals surface area contributed by atoms with E-state index in [0.717, 1.165) is 38.5 Å². The van der Waals surface area contributed by atoms with Gasteiger partial charge in [-0.1, -0.05) is 0 Å². The minimum atomic E-state index is 0.787. The predicted molar refractivity (Wildman–Crippen MR) is 73.4 cm³/mol. The molecule has 4 nitrogen and oxygen atoms in total. The third kappa shape index (κ3) is 3.75. The van der Waals surface area contributed by atoms with Gasteiger partial charge >= 0.3 is 104 Å². The van der Waals surface area contributed by atoms with Gasteiger partial charge in [0, 0.05) is 0 Å². The van der Waals surface area contributed by atoms with E-state index in [2.05, 4.69) is 32.8 Å². The van der Waals surface area contributed by atoms with E-state index in [1.54, 1.807) is 6.96 Å². The van der Waals surface area contributed by atoms with Crippen LogP contribution >= 0.6 is 0 Å². The molecule has 1 fully saturated rings. The van der Waals surface area contributed by atoms with Gasteiger partial charge in [0.15, 0.2) is 0 Å². The molecule has 88 valence electrons. The molecule has 1 aromatic heterocycles. The molecule has 0 spiro atoms. The zero-order chi connectivity index (χ0) is 12.1. The first kappa shape index (κ1) is 12.5. The molecule has 0 aliphatic carbocycles. The summed E-state index contributed by atoms with van der Waals surface area (Å²) in [6, 6.07) is 4.10. The maximum absolute atomic E-state index is 4.31. The summed E-state index contributed by atoms with van der Waals surface area (Å²) >= 11 is 0. The van der Waals surface area contributed by atoms with Crippen LogP contribution < -0.4 is 0 Å². The first-order valence-corrected chi connectivity index (χ1v) is 6.12. The van der Waals surface area contributed by atoms with Gasteiger partial charge in [-0.15, -0.1) is 0 Å². The molecular weight excluding hydrogens is 210 g/mol. The average Bonchev–Trinajstić information content (AvgIpc) is 2.35. The number of pyridine rings is 1. The Kier molecular flexibility index (Phi) is 4.45. The van der Waals surface area contributed by atoms with Crippen LogP contribution in [-0.4, -0.2) is 62.7 Å². The fourth-order valence-corrected chi connectivity index (χ4v) is 1.98. The molecule has 6 heteroatoms. The van der Waals surface area contributed by atoms with E-state index in [-0.39, 0.29) is 0 Å². The van der Waals surface area contributed by atoms with Crippen LogP contribution in [0.15, 0.2) is 23.2 Å². The van der Waals surface area contributed by atoms with Crippen molar-refractivity contribution in [2.24, 2.45) is 4.90 Å². The zero-order valence-corrected chi connectivity index (χ0v) is 10.6. The molecule has 0 N–H and O–H groups in total. The fourth-order valence-electron chi connectivity index (χ4n) is 1.98. The van der Waals surface area contributed by atoms with Crippen LogP contribution in [0.4, 0.5) is 5.82 Å². The Balaban J connectivity index is 1.90. The number of hydrogen-bond donors (Lipinski definition) is 0. The van der Waals surface area contributed by atoms with E-state index < -0.39 is 0 Å². The van der Waals surface area contributed by atoms with Crippen LogP contribution in [0.2, 0.25) is 0 Å². The molecule has 1 aliphatic heterocycles. The third-order valence-corrected chi connectivity index (χ3v) is 3.07. The van der Waals surface area contributed by atoms with Crippen LogP contribution in [-0.2, 0) is 6.54 Å². The number of aromatic nitrogens is 1. The Bertz CT molecular complexity index is 372. The van der Waals surface area contributed by atoms with Crippen LogP contribution in [0, 0.1) is 0 Å².